The van der Waals surface area contributed by atoms with Crippen LogP contribution in [0.3, 0.4) is 0 Å². The van der Waals surface area contributed by atoms with Crippen molar-refractivity contribution < 1.29 is 14.7 Å². The highest BCUT2D eigenvalue weighted by Gasteiger charge is 2.24. The van der Waals surface area contributed by atoms with E-state index in [1.165, 1.54) is 6.07 Å². The van der Waals surface area contributed by atoms with E-state index in [9.17, 15) is 14.7 Å². The van der Waals surface area contributed by atoms with E-state index in [-0.39, 0.29) is 11.6 Å². The first-order valence-corrected chi connectivity index (χ1v) is 8.06. The number of aromatic nitrogens is 3. The number of hydrogen-bond donors (Lipinski definition) is 1. The van der Waals surface area contributed by atoms with Gasteiger partial charge < -0.3 is 10.0 Å². The Morgan fingerprint density at radius 1 is 1.12 bits per heavy atom. The average Bonchev–Trinajstić information content (AvgIpc) is 3.09. The quantitative estimate of drug-likeness (QED) is 0.745. The molecular weight excluding hydrogens is 308 g/mol. The van der Waals surface area contributed by atoms with E-state index in [1.54, 1.807) is 28.4 Å². The van der Waals surface area contributed by atoms with Crippen molar-refractivity contribution in [1.29, 1.82) is 0 Å². The van der Waals surface area contributed by atoms with Crippen LogP contribution in [0.15, 0.2) is 24.4 Å². The zero-order valence-electron chi connectivity index (χ0n) is 13.4. The molecule has 7 heteroatoms. The van der Waals surface area contributed by atoms with Gasteiger partial charge in [0, 0.05) is 37.1 Å². The highest BCUT2D eigenvalue weighted by Crippen LogP contribution is 2.30. The molecule has 1 aliphatic heterocycles. The number of benzene rings is 1. The summed E-state index contributed by atoms with van der Waals surface area (Å²) in [6.07, 6.45) is 5.00. The highest BCUT2D eigenvalue weighted by atomic mass is 16.4. The maximum absolute atomic E-state index is 13.0. The van der Waals surface area contributed by atoms with Gasteiger partial charge in [-0.15, -0.1) is 0 Å². The van der Waals surface area contributed by atoms with E-state index in [0.29, 0.717) is 11.2 Å². The molecule has 0 atom stereocenters. The van der Waals surface area contributed by atoms with Gasteiger partial charge in [0.15, 0.2) is 5.65 Å². The zero-order chi connectivity index (χ0) is 16.8. The fourth-order valence-electron chi connectivity index (χ4n) is 3.45. The molecule has 24 heavy (non-hydrogen) atoms. The van der Waals surface area contributed by atoms with E-state index in [2.05, 4.69) is 5.10 Å². The van der Waals surface area contributed by atoms with E-state index < -0.39 is 5.97 Å². The number of rotatable bonds is 1. The number of amides is 1. The molecule has 124 valence electrons. The van der Waals surface area contributed by atoms with Crippen molar-refractivity contribution in [3.63, 3.8) is 0 Å². The second-order valence-electron chi connectivity index (χ2n) is 6.24. The Labute approximate surface area is 138 Å². The lowest BCUT2D eigenvalue weighted by atomic mass is 10.1. The molecule has 1 fully saturated rings. The summed E-state index contributed by atoms with van der Waals surface area (Å²) < 4.78 is 3.26. The van der Waals surface area contributed by atoms with Crippen molar-refractivity contribution in [2.45, 2.75) is 19.3 Å². The number of aromatic carboxylic acids is 1. The Hall–Kier alpha value is -2.83. The summed E-state index contributed by atoms with van der Waals surface area (Å²) in [5.74, 6) is -0.982. The van der Waals surface area contributed by atoms with Gasteiger partial charge in [0.2, 0.25) is 0 Å². The van der Waals surface area contributed by atoms with Gasteiger partial charge in [-0.05, 0) is 37.5 Å². The molecule has 0 aliphatic carbocycles. The van der Waals surface area contributed by atoms with Gasteiger partial charge >= 0.3 is 12.0 Å². The minimum absolute atomic E-state index is 0.0866. The molecule has 0 radical (unpaired) electrons. The number of aryl methyl sites for hydroxylation is 1. The Morgan fingerprint density at radius 2 is 1.88 bits per heavy atom. The Bertz CT molecular complexity index is 963. The van der Waals surface area contributed by atoms with E-state index >= 15 is 0 Å². The fourth-order valence-corrected chi connectivity index (χ4v) is 3.45. The van der Waals surface area contributed by atoms with Crippen molar-refractivity contribution in [2.75, 3.05) is 13.1 Å². The van der Waals surface area contributed by atoms with Gasteiger partial charge in [-0.2, -0.15) is 5.10 Å². The third-order valence-electron chi connectivity index (χ3n) is 4.61. The number of carbonyl (C=O) groups is 2. The maximum atomic E-state index is 13.0. The number of carbonyl (C=O) groups excluding carboxylic acids is 1. The molecule has 3 heterocycles. The van der Waals surface area contributed by atoms with E-state index in [1.807, 2.05) is 11.1 Å². The number of nitrogens with zero attached hydrogens (tertiary/aromatic N) is 4. The summed E-state index contributed by atoms with van der Waals surface area (Å²) in [5.41, 5.74) is 1.48. The van der Waals surface area contributed by atoms with Crippen LogP contribution in [-0.2, 0) is 7.05 Å². The molecule has 0 unspecified atom stereocenters. The lowest BCUT2D eigenvalue weighted by molar-refractivity contribution is 0.0697. The molecule has 0 bridgehead atoms. The Morgan fingerprint density at radius 3 is 2.58 bits per heavy atom. The Kier molecular flexibility index (Phi) is 3.30. The minimum Gasteiger partial charge on any atom is -0.478 e. The summed E-state index contributed by atoms with van der Waals surface area (Å²) in [5, 5.41) is 15.2. The van der Waals surface area contributed by atoms with Crippen LogP contribution in [0.4, 0.5) is 4.79 Å². The minimum atomic E-state index is -0.982. The van der Waals surface area contributed by atoms with Crippen molar-refractivity contribution in [3.8, 4) is 0 Å². The van der Waals surface area contributed by atoms with Gasteiger partial charge in [0.25, 0.3) is 0 Å². The molecule has 1 amide bonds. The molecule has 1 N–H and O–H groups in total. The van der Waals surface area contributed by atoms with E-state index in [0.717, 1.165) is 43.1 Å². The fraction of sp³-hybridized carbons (Fsp3) is 0.353. The Balaban J connectivity index is 1.95. The third kappa shape index (κ3) is 2.16. The van der Waals surface area contributed by atoms with Gasteiger partial charge in [-0.3, -0.25) is 4.68 Å². The standard InChI is InChI=1S/C17H18N4O3/c1-19-10-13-12-9-11(16(22)23)5-6-14(12)21(15(13)18-19)17(24)20-7-3-2-4-8-20/h5-6,9-10H,2-4,7-8H2,1H3,(H,22,23). The van der Waals surface area contributed by atoms with Crippen molar-refractivity contribution in [2.24, 2.45) is 7.05 Å². The van der Waals surface area contributed by atoms with Crippen molar-refractivity contribution in [1.82, 2.24) is 19.2 Å². The van der Waals surface area contributed by atoms with Crippen LogP contribution >= 0.6 is 0 Å². The summed E-state index contributed by atoms with van der Waals surface area (Å²) in [4.78, 5) is 26.2. The molecule has 0 spiro atoms. The highest BCUT2D eigenvalue weighted by molar-refractivity contribution is 6.13. The first-order valence-electron chi connectivity index (χ1n) is 8.06. The topological polar surface area (TPSA) is 80.4 Å². The van der Waals surface area contributed by atoms with Crippen molar-refractivity contribution >= 4 is 33.9 Å². The average molecular weight is 326 g/mol. The molecule has 3 aromatic rings. The maximum Gasteiger partial charge on any atom is 0.335 e. The molecule has 4 rings (SSSR count). The number of fused-ring (bicyclic) bond motifs is 3. The first-order chi connectivity index (χ1) is 11.6. The van der Waals surface area contributed by atoms with Gasteiger partial charge in [-0.1, -0.05) is 0 Å². The van der Waals surface area contributed by atoms with Crippen LogP contribution in [0.25, 0.3) is 21.9 Å². The molecule has 1 saturated heterocycles. The number of likely N-dealkylation sites (tertiary alicyclic amines) is 1. The second kappa shape index (κ2) is 5.36. The SMILES string of the molecule is Cn1cc2c3cc(C(=O)O)ccc3n(C(=O)N3CCCCC3)c2n1. The van der Waals surface area contributed by atoms with Crippen LogP contribution in [-0.4, -0.2) is 49.4 Å². The van der Waals surface area contributed by atoms with Crippen molar-refractivity contribution in [3.05, 3.63) is 30.0 Å². The molecule has 7 nitrogen and oxygen atoms in total. The molecule has 1 aromatic carbocycles. The van der Waals surface area contributed by atoms with Crippen LogP contribution < -0.4 is 0 Å². The van der Waals surface area contributed by atoms with Crippen LogP contribution in [0.1, 0.15) is 29.6 Å². The van der Waals surface area contributed by atoms with Crippen LogP contribution in [0.2, 0.25) is 0 Å². The molecular formula is C17H18N4O3. The zero-order valence-corrected chi connectivity index (χ0v) is 13.4. The van der Waals surface area contributed by atoms with Gasteiger partial charge in [0.1, 0.15) is 0 Å². The number of carboxylic acid groups (broad SMARTS) is 1. The molecule has 1 aliphatic rings. The van der Waals surface area contributed by atoms with Crippen LogP contribution in [0.5, 0.6) is 0 Å². The summed E-state index contributed by atoms with van der Waals surface area (Å²) in [7, 11) is 1.79. The normalized spacial score (nSPS) is 15.3. The van der Waals surface area contributed by atoms with E-state index in [4.69, 9.17) is 0 Å². The van der Waals surface area contributed by atoms with Crippen LogP contribution in [0, 0.1) is 0 Å². The summed E-state index contributed by atoms with van der Waals surface area (Å²) >= 11 is 0. The molecule has 0 saturated carbocycles. The molecule has 2 aromatic heterocycles. The van der Waals surface area contributed by atoms with Gasteiger partial charge in [0.05, 0.1) is 11.1 Å². The largest absolute Gasteiger partial charge is 0.478 e. The number of carboxylic acids is 1. The summed E-state index contributed by atoms with van der Waals surface area (Å²) in [6.45, 7) is 1.50. The smallest absolute Gasteiger partial charge is 0.335 e. The lowest BCUT2D eigenvalue weighted by Crippen LogP contribution is -2.38. The summed E-state index contributed by atoms with van der Waals surface area (Å²) in [6, 6.07) is 4.75. The third-order valence-corrected chi connectivity index (χ3v) is 4.61. The second-order valence-corrected chi connectivity index (χ2v) is 6.24. The lowest BCUT2D eigenvalue weighted by Gasteiger charge is -2.27. The van der Waals surface area contributed by atoms with Gasteiger partial charge in [-0.25, -0.2) is 14.2 Å². The number of hydrogen-bond acceptors (Lipinski definition) is 3. The monoisotopic (exact) mass is 326 g/mol. The number of piperidine rings is 1. The first kappa shape index (κ1) is 14.7. The predicted molar refractivity (Wildman–Crippen MR) is 89.4 cm³/mol. The predicted octanol–water partition coefficient (Wildman–Crippen LogP) is 2.68.